The van der Waals surface area contributed by atoms with Crippen LogP contribution < -0.4 is 0 Å². The summed E-state index contributed by atoms with van der Waals surface area (Å²) in [5.74, 6) is 0. The Balaban J connectivity index is 2.78. The molecule has 2 aromatic heterocycles. The van der Waals surface area contributed by atoms with E-state index in [2.05, 4.69) is 30.0 Å². The number of fused-ring (bicyclic) bond motifs is 1. The van der Waals surface area contributed by atoms with Crippen LogP contribution in [0.5, 0.6) is 0 Å². The largest absolute Gasteiger partial charge is 0.245 e. The Bertz CT molecular complexity index is 429. The molecule has 0 amide bonds. The van der Waals surface area contributed by atoms with E-state index in [0.717, 1.165) is 16.7 Å². The van der Waals surface area contributed by atoms with Crippen LogP contribution in [0.15, 0.2) is 18.3 Å². The van der Waals surface area contributed by atoms with Gasteiger partial charge in [-0.25, -0.2) is 9.67 Å². The second kappa shape index (κ2) is 2.83. The van der Waals surface area contributed by atoms with Gasteiger partial charge in [0.1, 0.15) is 0 Å². The van der Waals surface area contributed by atoms with Crippen molar-refractivity contribution >= 4 is 11.0 Å². The van der Waals surface area contributed by atoms with Crippen molar-refractivity contribution in [3.8, 4) is 0 Å². The van der Waals surface area contributed by atoms with Crippen LogP contribution in [0.1, 0.15) is 25.6 Å². The molecule has 3 nitrogen and oxygen atoms in total. The summed E-state index contributed by atoms with van der Waals surface area (Å²) in [7, 11) is 0. The van der Waals surface area contributed by atoms with Crippen molar-refractivity contribution in [3.63, 3.8) is 0 Å². The van der Waals surface area contributed by atoms with Crippen molar-refractivity contribution in [1.29, 1.82) is 0 Å². The molecule has 0 atom stereocenters. The van der Waals surface area contributed by atoms with Crippen molar-refractivity contribution in [2.24, 2.45) is 0 Å². The summed E-state index contributed by atoms with van der Waals surface area (Å²) in [4.78, 5) is 4.32. The molecular weight excluding hydrogens is 162 g/mol. The molecule has 3 heteroatoms. The fraction of sp³-hybridized carbons (Fsp3) is 0.400. The molecule has 0 aliphatic carbocycles. The molecule has 0 bridgehead atoms. The van der Waals surface area contributed by atoms with Crippen LogP contribution in [0.25, 0.3) is 11.0 Å². The van der Waals surface area contributed by atoms with E-state index >= 15 is 0 Å². The van der Waals surface area contributed by atoms with Crippen molar-refractivity contribution in [2.45, 2.75) is 26.8 Å². The zero-order chi connectivity index (χ0) is 9.42. The molecule has 2 heterocycles. The summed E-state index contributed by atoms with van der Waals surface area (Å²) in [6.45, 7) is 6.24. The Morgan fingerprint density at radius 2 is 2.15 bits per heavy atom. The van der Waals surface area contributed by atoms with Gasteiger partial charge in [0.15, 0.2) is 5.65 Å². The van der Waals surface area contributed by atoms with Crippen LogP contribution in [-0.2, 0) is 0 Å². The third-order valence-electron chi connectivity index (χ3n) is 2.14. The summed E-state index contributed by atoms with van der Waals surface area (Å²) in [6.07, 6.45) is 1.81. The second-order valence-corrected chi connectivity index (χ2v) is 3.50. The van der Waals surface area contributed by atoms with Crippen molar-refractivity contribution in [1.82, 2.24) is 14.8 Å². The van der Waals surface area contributed by atoms with Crippen LogP contribution in [0.4, 0.5) is 0 Å². The SMILES string of the molecule is Cc1nn(C(C)C)c2ncccc12. The van der Waals surface area contributed by atoms with Crippen LogP contribution in [0.2, 0.25) is 0 Å². The van der Waals surface area contributed by atoms with E-state index in [-0.39, 0.29) is 0 Å². The Labute approximate surface area is 77.4 Å². The van der Waals surface area contributed by atoms with Gasteiger partial charge >= 0.3 is 0 Å². The summed E-state index contributed by atoms with van der Waals surface area (Å²) in [6, 6.07) is 4.37. The number of pyridine rings is 1. The third kappa shape index (κ3) is 1.20. The van der Waals surface area contributed by atoms with Crippen molar-refractivity contribution in [2.75, 3.05) is 0 Å². The molecule has 0 aromatic carbocycles. The number of aryl methyl sites for hydroxylation is 1. The van der Waals surface area contributed by atoms with Gasteiger partial charge in [-0.15, -0.1) is 0 Å². The lowest BCUT2D eigenvalue weighted by atomic mass is 10.3. The average molecular weight is 175 g/mol. The van der Waals surface area contributed by atoms with Gasteiger partial charge in [-0.1, -0.05) is 0 Å². The first-order valence-corrected chi connectivity index (χ1v) is 4.50. The van der Waals surface area contributed by atoms with Gasteiger partial charge in [0.2, 0.25) is 0 Å². The molecule has 0 spiro atoms. The zero-order valence-electron chi connectivity index (χ0n) is 8.15. The molecule has 0 N–H and O–H groups in total. The zero-order valence-corrected chi connectivity index (χ0v) is 8.15. The molecule has 0 unspecified atom stereocenters. The van der Waals surface area contributed by atoms with E-state index in [1.165, 1.54) is 0 Å². The van der Waals surface area contributed by atoms with E-state index in [1.807, 2.05) is 23.9 Å². The molecular formula is C10H13N3. The molecule has 0 fully saturated rings. The summed E-state index contributed by atoms with van der Waals surface area (Å²) in [5.41, 5.74) is 2.03. The Morgan fingerprint density at radius 3 is 2.85 bits per heavy atom. The Morgan fingerprint density at radius 1 is 1.38 bits per heavy atom. The fourth-order valence-corrected chi connectivity index (χ4v) is 1.48. The summed E-state index contributed by atoms with van der Waals surface area (Å²) < 4.78 is 1.96. The van der Waals surface area contributed by atoms with Gasteiger partial charge in [0, 0.05) is 17.6 Å². The van der Waals surface area contributed by atoms with E-state index in [0.29, 0.717) is 6.04 Å². The van der Waals surface area contributed by atoms with Crippen LogP contribution >= 0.6 is 0 Å². The number of hydrogen-bond acceptors (Lipinski definition) is 2. The highest BCUT2D eigenvalue weighted by molar-refractivity contribution is 5.77. The Hall–Kier alpha value is -1.38. The number of nitrogens with zero attached hydrogens (tertiary/aromatic N) is 3. The van der Waals surface area contributed by atoms with E-state index < -0.39 is 0 Å². The predicted molar refractivity (Wildman–Crippen MR) is 52.7 cm³/mol. The lowest BCUT2D eigenvalue weighted by molar-refractivity contribution is 0.542. The van der Waals surface area contributed by atoms with Crippen molar-refractivity contribution < 1.29 is 0 Å². The Kier molecular flexibility index (Phi) is 1.79. The molecule has 0 saturated heterocycles. The molecule has 2 rings (SSSR count). The minimum absolute atomic E-state index is 0.367. The smallest absolute Gasteiger partial charge is 0.158 e. The molecule has 0 saturated carbocycles. The van der Waals surface area contributed by atoms with Gasteiger partial charge in [-0.3, -0.25) is 0 Å². The first kappa shape index (κ1) is 8.23. The van der Waals surface area contributed by atoms with Crippen molar-refractivity contribution in [3.05, 3.63) is 24.0 Å². The maximum absolute atomic E-state index is 4.44. The topological polar surface area (TPSA) is 30.7 Å². The number of rotatable bonds is 1. The van der Waals surface area contributed by atoms with Crippen LogP contribution in [0.3, 0.4) is 0 Å². The molecule has 2 aromatic rings. The molecule has 0 aliphatic rings. The summed E-state index contributed by atoms with van der Waals surface area (Å²) in [5, 5.41) is 5.59. The summed E-state index contributed by atoms with van der Waals surface area (Å²) >= 11 is 0. The molecule has 13 heavy (non-hydrogen) atoms. The fourth-order valence-electron chi connectivity index (χ4n) is 1.48. The monoisotopic (exact) mass is 175 g/mol. The lowest BCUT2D eigenvalue weighted by Gasteiger charge is -2.04. The third-order valence-corrected chi connectivity index (χ3v) is 2.14. The standard InChI is InChI=1S/C10H13N3/c1-7(2)13-10-9(8(3)12-13)5-4-6-11-10/h4-7H,1-3H3. The predicted octanol–water partition coefficient (Wildman–Crippen LogP) is 2.32. The highest BCUT2D eigenvalue weighted by atomic mass is 15.3. The minimum atomic E-state index is 0.367. The molecule has 0 radical (unpaired) electrons. The van der Waals surface area contributed by atoms with Crippen LogP contribution in [0, 0.1) is 6.92 Å². The second-order valence-electron chi connectivity index (χ2n) is 3.50. The van der Waals surface area contributed by atoms with Gasteiger partial charge in [-0.05, 0) is 32.9 Å². The van der Waals surface area contributed by atoms with E-state index in [9.17, 15) is 0 Å². The molecule has 68 valence electrons. The number of hydrogen-bond donors (Lipinski definition) is 0. The normalized spacial score (nSPS) is 11.4. The quantitative estimate of drug-likeness (QED) is 0.666. The minimum Gasteiger partial charge on any atom is -0.245 e. The highest BCUT2D eigenvalue weighted by Gasteiger charge is 2.09. The van der Waals surface area contributed by atoms with Gasteiger partial charge in [0.25, 0.3) is 0 Å². The van der Waals surface area contributed by atoms with E-state index in [4.69, 9.17) is 0 Å². The molecule has 0 aliphatic heterocycles. The van der Waals surface area contributed by atoms with Gasteiger partial charge in [0.05, 0.1) is 5.69 Å². The first-order valence-electron chi connectivity index (χ1n) is 4.50. The maximum Gasteiger partial charge on any atom is 0.158 e. The first-order chi connectivity index (χ1) is 6.20. The van der Waals surface area contributed by atoms with E-state index in [1.54, 1.807) is 0 Å². The van der Waals surface area contributed by atoms with Gasteiger partial charge < -0.3 is 0 Å². The highest BCUT2D eigenvalue weighted by Crippen LogP contribution is 2.18. The average Bonchev–Trinajstić information content (AvgIpc) is 2.45. The number of aromatic nitrogens is 3. The van der Waals surface area contributed by atoms with Crippen LogP contribution in [-0.4, -0.2) is 14.8 Å². The lowest BCUT2D eigenvalue weighted by Crippen LogP contribution is -2.03. The maximum atomic E-state index is 4.44. The van der Waals surface area contributed by atoms with Gasteiger partial charge in [-0.2, -0.15) is 5.10 Å².